The SMILES string of the molecule is CCOC(=O)/C(C(OCc1ccccc1)=C(F)F)=C(/C)N. The summed E-state index contributed by atoms with van der Waals surface area (Å²) in [5.74, 6) is -1.79. The van der Waals surface area contributed by atoms with Crippen LogP contribution in [0.25, 0.3) is 0 Å². The lowest BCUT2D eigenvalue weighted by molar-refractivity contribution is -0.138. The monoisotopic (exact) mass is 297 g/mol. The number of carbonyl (C=O) groups excluding carboxylic acids is 1. The minimum atomic E-state index is -2.13. The van der Waals surface area contributed by atoms with Crippen molar-refractivity contribution in [1.82, 2.24) is 0 Å². The van der Waals surface area contributed by atoms with Crippen molar-refractivity contribution in [2.45, 2.75) is 20.5 Å². The second kappa shape index (κ2) is 8.04. The number of rotatable bonds is 6. The summed E-state index contributed by atoms with van der Waals surface area (Å²) in [6, 6.07) is 8.74. The third-order valence-corrected chi connectivity index (χ3v) is 2.50. The third kappa shape index (κ3) is 4.91. The molecular formula is C15H17F2NO3. The molecule has 1 aromatic carbocycles. The van der Waals surface area contributed by atoms with Crippen LogP contribution in [0.5, 0.6) is 0 Å². The molecule has 0 aliphatic carbocycles. The van der Waals surface area contributed by atoms with Gasteiger partial charge in [-0.05, 0) is 19.4 Å². The maximum atomic E-state index is 13.1. The highest BCUT2D eigenvalue weighted by atomic mass is 19.3. The van der Waals surface area contributed by atoms with Gasteiger partial charge in [0.1, 0.15) is 12.2 Å². The van der Waals surface area contributed by atoms with E-state index in [0.717, 1.165) is 0 Å². The molecule has 0 atom stereocenters. The van der Waals surface area contributed by atoms with E-state index in [0.29, 0.717) is 5.56 Å². The van der Waals surface area contributed by atoms with Gasteiger partial charge in [-0.2, -0.15) is 8.78 Å². The minimum absolute atomic E-state index is 0.0511. The van der Waals surface area contributed by atoms with Crippen molar-refractivity contribution < 1.29 is 23.0 Å². The van der Waals surface area contributed by atoms with Crippen molar-refractivity contribution in [3.8, 4) is 0 Å². The summed E-state index contributed by atoms with van der Waals surface area (Å²) in [4.78, 5) is 11.7. The molecule has 1 aromatic rings. The Balaban J connectivity index is 2.98. The standard InChI is InChI=1S/C15H17F2NO3/c1-3-20-15(19)12(10(2)18)13(14(16)17)21-9-11-7-5-4-6-8-11/h4-8H,3,9,18H2,1-2H3/b12-10-. The van der Waals surface area contributed by atoms with E-state index < -0.39 is 23.4 Å². The van der Waals surface area contributed by atoms with Gasteiger partial charge in [-0.25, -0.2) is 4.79 Å². The molecule has 0 unspecified atom stereocenters. The van der Waals surface area contributed by atoms with Crippen LogP contribution in [0.2, 0.25) is 0 Å². The number of esters is 1. The number of hydrogen-bond donors (Lipinski definition) is 1. The highest BCUT2D eigenvalue weighted by Gasteiger charge is 2.24. The number of nitrogens with two attached hydrogens (primary N) is 1. The van der Waals surface area contributed by atoms with Crippen molar-refractivity contribution in [1.29, 1.82) is 0 Å². The van der Waals surface area contributed by atoms with Gasteiger partial charge in [0, 0.05) is 5.70 Å². The normalized spacial score (nSPS) is 11.4. The fourth-order valence-electron chi connectivity index (χ4n) is 1.59. The zero-order valence-corrected chi connectivity index (χ0v) is 11.9. The van der Waals surface area contributed by atoms with E-state index in [4.69, 9.17) is 15.2 Å². The number of allylic oxidation sites excluding steroid dienone is 1. The summed E-state index contributed by atoms with van der Waals surface area (Å²) >= 11 is 0. The van der Waals surface area contributed by atoms with Gasteiger partial charge in [-0.3, -0.25) is 0 Å². The van der Waals surface area contributed by atoms with Crippen molar-refractivity contribution in [3.05, 3.63) is 59.0 Å². The zero-order valence-electron chi connectivity index (χ0n) is 11.9. The third-order valence-electron chi connectivity index (χ3n) is 2.50. The molecule has 0 aromatic heterocycles. The van der Waals surface area contributed by atoms with Crippen molar-refractivity contribution in [2.75, 3.05) is 6.61 Å². The Morgan fingerprint density at radius 2 is 1.81 bits per heavy atom. The topological polar surface area (TPSA) is 61.5 Å². The lowest BCUT2D eigenvalue weighted by atomic mass is 10.2. The maximum Gasteiger partial charge on any atom is 0.343 e. The number of carbonyl (C=O) groups is 1. The number of benzene rings is 1. The van der Waals surface area contributed by atoms with Crippen molar-refractivity contribution >= 4 is 5.97 Å². The summed E-state index contributed by atoms with van der Waals surface area (Å²) in [5.41, 5.74) is 5.65. The smallest absolute Gasteiger partial charge is 0.343 e. The van der Waals surface area contributed by atoms with E-state index in [-0.39, 0.29) is 18.9 Å². The van der Waals surface area contributed by atoms with Gasteiger partial charge in [-0.15, -0.1) is 0 Å². The van der Waals surface area contributed by atoms with Gasteiger partial charge >= 0.3 is 12.0 Å². The van der Waals surface area contributed by atoms with Crippen LogP contribution in [0.3, 0.4) is 0 Å². The largest absolute Gasteiger partial charge is 0.483 e. The van der Waals surface area contributed by atoms with Crippen molar-refractivity contribution in [2.24, 2.45) is 5.73 Å². The molecule has 0 spiro atoms. The Kier molecular flexibility index (Phi) is 6.39. The van der Waals surface area contributed by atoms with E-state index in [1.165, 1.54) is 6.92 Å². The molecule has 114 valence electrons. The van der Waals surface area contributed by atoms with Gasteiger partial charge < -0.3 is 15.2 Å². The molecule has 0 fully saturated rings. The second-order valence-electron chi connectivity index (χ2n) is 4.14. The predicted molar refractivity (Wildman–Crippen MR) is 74.0 cm³/mol. The lowest BCUT2D eigenvalue weighted by Gasteiger charge is -2.13. The van der Waals surface area contributed by atoms with E-state index in [1.807, 2.05) is 0 Å². The molecule has 1 rings (SSSR count). The first kappa shape index (κ1) is 16.7. The van der Waals surface area contributed by atoms with Crippen LogP contribution in [0, 0.1) is 0 Å². The zero-order chi connectivity index (χ0) is 15.8. The Hall–Kier alpha value is -2.37. The maximum absolute atomic E-state index is 13.1. The number of ether oxygens (including phenoxy) is 2. The molecule has 2 N–H and O–H groups in total. The average Bonchev–Trinajstić information content (AvgIpc) is 2.43. The Bertz CT molecular complexity index is 545. The van der Waals surface area contributed by atoms with Crippen LogP contribution in [-0.2, 0) is 20.9 Å². The van der Waals surface area contributed by atoms with Crippen LogP contribution in [0.15, 0.2) is 53.4 Å². The highest BCUT2D eigenvalue weighted by molar-refractivity contribution is 5.93. The first-order valence-corrected chi connectivity index (χ1v) is 6.33. The molecule has 6 heteroatoms. The lowest BCUT2D eigenvalue weighted by Crippen LogP contribution is -2.16. The van der Waals surface area contributed by atoms with Crippen LogP contribution in [0.4, 0.5) is 8.78 Å². The first-order chi connectivity index (χ1) is 9.97. The fraction of sp³-hybridized carbons (Fsp3) is 0.267. The van der Waals surface area contributed by atoms with Crippen molar-refractivity contribution in [3.63, 3.8) is 0 Å². The van der Waals surface area contributed by atoms with E-state index in [9.17, 15) is 13.6 Å². The molecule has 0 saturated heterocycles. The minimum Gasteiger partial charge on any atom is -0.483 e. The van der Waals surface area contributed by atoms with Crippen LogP contribution >= 0.6 is 0 Å². The molecule has 0 aliphatic heterocycles. The fourth-order valence-corrected chi connectivity index (χ4v) is 1.59. The van der Waals surface area contributed by atoms with E-state index >= 15 is 0 Å². The average molecular weight is 297 g/mol. The Morgan fingerprint density at radius 1 is 1.19 bits per heavy atom. The molecule has 0 amide bonds. The van der Waals surface area contributed by atoms with Gasteiger partial charge in [0.05, 0.1) is 6.61 Å². The molecule has 0 radical (unpaired) electrons. The van der Waals surface area contributed by atoms with Crippen LogP contribution in [0.1, 0.15) is 19.4 Å². The molecule has 0 heterocycles. The summed E-state index contributed by atoms with van der Waals surface area (Å²) < 4.78 is 35.9. The van der Waals surface area contributed by atoms with Gasteiger partial charge in [-0.1, -0.05) is 30.3 Å². The Morgan fingerprint density at radius 3 is 2.29 bits per heavy atom. The van der Waals surface area contributed by atoms with E-state index in [1.54, 1.807) is 37.3 Å². The predicted octanol–water partition coefficient (Wildman–Crippen LogP) is 3.11. The van der Waals surface area contributed by atoms with Gasteiger partial charge in [0.2, 0.25) is 5.76 Å². The van der Waals surface area contributed by atoms with E-state index in [2.05, 4.69) is 0 Å². The summed E-state index contributed by atoms with van der Waals surface area (Å²) in [6.45, 7) is 2.85. The molecule has 0 saturated carbocycles. The van der Waals surface area contributed by atoms with Crippen LogP contribution < -0.4 is 5.73 Å². The van der Waals surface area contributed by atoms with Crippen LogP contribution in [-0.4, -0.2) is 12.6 Å². The molecule has 4 nitrogen and oxygen atoms in total. The quantitative estimate of drug-likeness (QED) is 0.379. The number of hydrogen-bond acceptors (Lipinski definition) is 4. The number of halogens is 2. The summed E-state index contributed by atoms with van der Waals surface area (Å²) in [7, 11) is 0. The second-order valence-corrected chi connectivity index (χ2v) is 4.14. The summed E-state index contributed by atoms with van der Waals surface area (Å²) in [5, 5.41) is 0. The van der Waals surface area contributed by atoms with Gasteiger partial charge in [0.15, 0.2) is 0 Å². The molecular weight excluding hydrogens is 280 g/mol. The molecule has 21 heavy (non-hydrogen) atoms. The molecule has 0 bridgehead atoms. The van der Waals surface area contributed by atoms with Gasteiger partial charge in [0.25, 0.3) is 0 Å². The summed E-state index contributed by atoms with van der Waals surface area (Å²) in [6.07, 6.45) is -2.13. The Labute approximate surface area is 121 Å². The first-order valence-electron chi connectivity index (χ1n) is 6.33. The highest BCUT2D eigenvalue weighted by Crippen LogP contribution is 2.23. The molecule has 0 aliphatic rings.